The number of amides is 1. The zero-order valence-corrected chi connectivity index (χ0v) is 17.2. The molecule has 0 saturated heterocycles. The Hall–Kier alpha value is -4.19. The molecule has 2 aromatic rings. The van der Waals surface area contributed by atoms with E-state index in [2.05, 4.69) is 5.10 Å². The van der Waals surface area contributed by atoms with E-state index < -0.39 is 23.3 Å². The topological polar surface area (TPSA) is 125 Å². The van der Waals surface area contributed by atoms with Gasteiger partial charge in [0, 0.05) is 12.5 Å². The molecule has 1 aliphatic rings. The van der Waals surface area contributed by atoms with Gasteiger partial charge in [-0.25, -0.2) is 0 Å². The van der Waals surface area contributed by atoms with Crippen molar-refractivity contribution in [2.24, 2.45) is 5.10 Å². The van der Waals surface area contributed by atoms with Gasteiger partial charge in [-0.2, -0.15) is 15.4 Å². The third-order valence-electron chi connectivity index (χ3n) is 4.82. The Balaban J connectivity index is 2.08. The van der Waals surface area contributed by atoms with Gasteiger partial charge in [-0.1, -0.05) is 18.2 Å². The normalized spacial score (nSPS) is 14.5. The van der Waals surface area contributed by atoms with Crippen LogP contribution >= 0.6 is 0 Å². The fourth-order valence-electron chi connectivity index (χ4n) is 3.20. The molecular weight excluding hydrogens is 400 g/mol. The summed E-state index contributed by atoms with van der Waals surface area (Å²) >= 11 is 0. The van der Waals surface area contributed by atoms with Crippen molar-refractivity contribution >= 4 is 29.4 Å². The first-order chi connectivity index (χ1) is 14.8. The van der Waals surface area contributed by atoms with E-state index in [1.54, 1.807) is 31.2 Å². The molecule has 0 saturated carbocycles. The number of benzene rings is 1. The Labute approximate surface area is 178 Å². The van der Waals surface area contributed by atoms with Crippen molar-refractivity contribution in [3.05, 3.63) is 62.9 Å². The fraction of sp³-hybridized carbons (Fsp3) is 0.227. The molecule has 0 aliphatic carbocycles. The largest absolute Gasteiger partial charge is 0.494 e. The smallest absolute Gasteiger partial charge is 0.302 e. The number of hydrazone groups is 1. The van der Waals surface area contributed by atoms with Gasteiger partial charge < -0.3 is 9.84 Å². The molecule has 9 heteroatoms. The van der Waals surface area contributed by atoms with Gasteiger partial charge in [-0.3, -0.25) is 19.0 Å². The lowest BCUT2D eigenvalue weighted by Gasteiger charge is -2.15. The van der Waals surface area contributed by atoms with Crippen molar-refractivity contribution in [1.29, 1.82) is 5.26 Å². The second-order valence-electron chi connectivity index (χ2n) is 6.84. The SMILES string of the molecule is CC(=O)OCCn1c(O)c(C=C2C(=O)N(c3ccccc3)N=C2C)c(C)c(C#N)c1=O. The van der Waals surface area contributed by atoms with E-state index in [0.717, 1.165) is 4.57 Å². The lowest BCUT2D eigenvalue weighted by Crippen LogP contribution is -2.27. The van der Waals surface area contributed by atoms with Gasteiger partial charge in [0.1, 0.15) is 18.2 Å². The highest BCUT2D eigenvalue weighted by Gasteiger charge is 2.30. The molecule has 31 heavy (non-hydrogen) atoms. The van der Waals surface area contributed by atoms with Gasteiger partial charge in [0.25, 0.3) is 11.5 Å². The number of nitrogens with zero attached hydrogens (tertiary/aromatic N) is 4. The molecule has 1 aromatic carbocycles. The molecule has 158 valence electrons. The molecule has 0 spiro atoms. The highest BCUT2D eigenvalue weighted by atomic mass is 16.5. The number of aromatic nitrogens is 1. The van der Waals surface area contributed by atoms with E-state index >= 15 is 0 Å². The molecule has 0 radical (unpaired) electrons. The number of hydrogen-bond acceptors (Lipinski definition) is 7. The molecule has 0 fully saturated rings. The summed E-state index contributed by atoms with van der Waals surface area (Å²) in [7, 11) is 0. The second kappa shape index (κ2) is 8.67. The summed E-state index contributed by atoms with van der Waals surface area (Å²) in [5, 5.41) is 25.7. The van der Waals surface area contributed by atoms with Crippen molar-refractivity contribution < 1.29 is 19.4 Å². The summed E-state index contributed by atoms with van der Waals surface area (Å²) in [4.78, 5) is 36.6. The average molecular weight is 420 g/mol. The van der Waals surface area contributed by atoms with Gasteiger partial charge in [-0.05, 0) is 37.6 Å². The number of aromatic hydroxyl groups is 1. The molecule has 1 N–H and O–H groups in total. The van der Waals surface area contributed by atoms with E-state index in [0.29, 0.717) is 11.4 Å². The maximum atomic E-state index is 13.0. The second-order valence-corrected chi connectivity index (χ2v) is 6.84. The van der Waals surface area contributed by atoms with E-state index in [-0.39, 0.29) is 35.4 Å². The number of rotatable bonds is 5. The molecule has 2 heterocycles. The minimum absolute atomic E-state index is 0.145. The predicted molar refractivity (Wildman–Crippen MR) is 113 cm³/mol. The number of carbonyl (C=O) groups excluding carboxylic acids is 2. The number of para-hydroxylation sites is 1. The number of hydrogen-bond donors (Lipinski definition) is 1. The van der Waals surface area contributed by atoms with Crippen LogP contribution in [0.1, 0.15) is 30.5 Å². The van der Waals surface area contributed by atoms with Gasteiger partial charge >= 0.3 is 5.97 Å². The molecule has 0 bridgehead atoms. The van der Waals surface area contributed by atoms with E-state index in [4.69, 9.17) is 4.74 Å². The van der Waals surface area contributed by atoms with Gasteiger partial charge in [0.2, 0.25) is 5.88 Å². The minimum Gasteiger partial charge on any atom is -0.494 e. The Morgan fingerprint density at radius 1 is 1.26 bits per heavy atom. The Bertz CT molecular complexity index is 1220. The molecular formula is C22H20N4O5. The van der Waals surface area contributed by atoms with Crippen LogP contribution in [-0.4, -0.2) is 33.9 Å². The average Bonchev–Trinajstić information content (AvgIpc) is 3.02. The maximum Gasteiger partial charge on any atom is 0.302 e. The number of pyridine rings is 1. The maximum absolute atomic E-state index is 13.0. The van der Waals surface area contributed by atoms with E-state index in [1.165, 1.54) is 24.9 Å². The Morgan fingerprint density at radius 3 is 2.55 bits per heavy atom. The number of ether oxygens (including phenoxy) is 1. The highest BCUT2D eigenvalue weighted by molar-refractivity contribution is 6.32. The third kappa shape index (κ3) is 4.09. The quantitative estimate of drug-likeness (QED) is 0.583. The summed E-state index contributed by atoms with van der Waals surface area (Å²) in [6, 6.07) is 10.7. The van der Waals surface area contributed by atoms with Gasteiger partial charge in [-0.15, -0.1) is 0 Å². The van der Waals surface area contributed by atoms with Crippen molar-refractivity contribution in [2.45, 2.75) is 27.3 Å². The fourth-order valence-corrected chi connectivity index (χ4v) is 3.20. The molecule has 1 amide bonds. The summed E-state index contributed by atoms with van der Waals surface area (Å²) < 4.78 is 5.79. The van der Waals surface area contributed by atoms with Crippen LogP contribution in [0.4, 0.5) is 5.69 Å². The first-order valence-corrected chi connectivity index (χ1v) is 9.42. The molecule has 0 unspecified atom stereocenters. The third-order valence-corrected chi connectivity index (χ3v) is 4.82. The number of carbonyl (C=O) groups is 2. The van der Waals surface area contributed by atoms with Crippen LogP contribution < -0.4 is 10.6 Å². The summed E-state index contributed by atoms with van der Waals surface area (Å²) in [5.74, 6) is -1.37. The molecule has 3 rings (SSSR count). The number of esters is 1. The summed E-state index contributed by atoms with van der Waals surface area (Å²) in [5.41, 5.74) is 0.723. The molecule has 0 atom stereocenters. The van der Waals surface area contributed by atoms with Crippen molar-refractivity contribution in [3.63, 3.8) is 0 Å². The van der Waals surface area contributed by atoms with Crippen LogP contribution in [0.3, 0.4) is 0 Å². The van der Waals surface area contributed by atoms with Crippen molar-refractivity contribution in [1.82, 2.24) is 4.57 Å². The first kappa shape index (κ1) is 21.5. The van der Waals surface area contributed by atoms with Crippen LogP contribution in [0, 0.1) is 18.3 Å². The van der Waals surface area contributed by atoms with Crippen LogP contribution in [-0.2, 0) is 20.9 Å². The Kier molecular flexibility index (Phi) is 6.02. The molecule has 1 aliphatic heterocycles. The minimum atomic E-state index is -0.708. The first-order valence-electron chi connectivity index (χ1n) is 9.42. The van der Waals surface area contributed by atoms with E-state index in [9.17, 15) is 24.8 Å². The zero-order valence-electron chi connectivity index (χ0n) is 17.2. The highest BCUT2D eigenvalue weighted by Crippen LogP contribution is 2.29. The van der Waals surface area contributed by atoms with Crippen LogP contribution in [0.2, 0.25) is 0 Å². The monoisotopic (exact) mass is 420 g/mol. The van der Waals surface area contributed by atoms with E-state index in [1.807, 2.05) is 12.1 Å². The van der Waals surface area contributed by atoms with Crippen LogP contribution in [0.15, 0.2) is 45.8 Å². The lowest BCUT2D eigenvalue weighted by atomic mass is 10.0. The van der Waals surface area contributed by atoms with Crippen molar-refractivity contribution in [3.8, 4) is 11.9 Å². The molecule has 1 aromatic heterocycles. The Morgan fingerprint density at radius 2 is 1.94 bits per heavy atom. The molecule has 9 nitrogen and oxygen atoms in total. The summed E-state index contributed by atoms with van der Waals surface area (Å²) in [6.07, 6.45) is 1.41. The standard InChI is InChI=1S/C22H20N4O5/c1-13-17(20(28)25(9-10-31-15(3)27)21(29)19(13)12-23)11-18-14(2)24-26(22(18)30)16-7-5-4-6-8-16/h4-8,11,28H,9-10H2,1-3H3. The van der Waals surface area contributed by atoms with Crippen molar-refractivity contribution in [2.75, 3.05) is 11.6 Å². The van der Waals surface area contributed by atoms with Gasteiger partial charge in [0.05, 0.1) is 23.5 Å². The van der Waals surface area contributed by atoms with Crippen LogP contribution in [0.25, 0.3) is 6.08 Å². The lowest BCUT2D eigenvalue weighted by molar-refractivity contribution is -0.141. The predicted octanol–water partition coefficient (Wildman–Crippen LogP) is 2.10. The summed E-state index contributed by atoms with van der Waals surface area (Å²) in [6.45, 7) is 4.09. The van der Waals surface area contributed by atoms with Gasteiger partial charge in [0.15, 0.2) is 0 Å². The van der Waals surface area contributed by atoms with Crippen LogP contribution in [0.5, 0.6) is 5.88 Å². The zero-order chi connectivity index (χ0) is 22.7. The number of nitriles is 1. The number of anilines is 1.